The minimum absolute atomic E-state index is 0.0620. The number of aromatic nitrogens is 2. The predicted octanol–water partition coefficient (Wildman–Crippen LogP) is 5.05. The smallest absolute Gasteiger partial charge is 0.290 e. The molecule has 6 heteroatoms. The summed E-state index contributed by atoms with van der Waals surface area (Å²) in [4.78, 5) is 22.8. The summed E-state index contributed by atoms with van der Waals surface area (Å²) in [6, 6.07) is 14.7. The molecule has 0 aliphatic heterocycles. The van der Waals surface area contributed by atoms with Gasteiger partial charge in [-0.25, -0.2) is 9.37 Å². The molecule has 2 atom stereocenters. The summed E-state index contributed by atoms with van der Waals surface area (Å²) in [5.41, 5.74) is 2.06. The average Bonchev–Trinajstić information content (AvgIpc) is 3.16. The van der Waals surface area contributed by atoms with Crippen molar-refractivity contribution >= 4 is 16.9 Å². The minimum Gasteiger partial charge on any atom is -0.334 e. The van der Waals surface area contributed by atoms with Gasteiger partial charge in [0.2, 0.25) is 0 Å². The van der Waals surface area contributed by atoms with Crippen LogP contribution in [0.3, 0.4) is 0 Å². The van der Waals surface area contributed by atoms with Crippen LogP contribution in [0, 0.1) is 5.82 Å². The number of nitrogens with zero attached hydrogens (tertiary/aromatic N) is 2. The lowest BCUT2D eigenvalue weighted by molar-refractivity contribution is 0.0239. The third kappa shape index (κ3) is 4.49. The highest BCUT2D eigenvalue weighted by Crippen LogP contribution is 2.39. The predicted molar refractivity (Wildman–Crippen MR) is 121 cm³/mol. The van der Waals surface area contributed by atoms with E-state index in [0.29, 0.717) is 17.6 Å². The Hall–Kier alpha value is -2.73. The molecule has 1 heterocycles. The van der Waals surface area contributed by atoms with E-state index >= 15 is 0 Å². The third-order valence-corrected chi connectivity index (χ3v) is 6.64. The molecule has 1 saturated carbocycles. The Morgan fingerprint density at radius 1 is 1.19 bits per heavy atom. The van der Waals surface area contributed by atoms with Gasteiger partial charge in [-0.05, 0) is 64.2 Å². The molecule has 31 heavy (non-hydrogen) atoms. The lowest BCUT2D eigenvalue weighted by atomic mass is 9.71. The molecule has 0 saturated heterocycles. The van der Waals surface area contributed by atoms with Gasteiger partial charge >= 0.3 is 0 Å². The first-order valence-electron chi connectivity index (χ1n) is 11.1. The summed E-state index contributed by atoms with van der Waals surface area (Å²) in [6.07, 6.45) is 3.93. The molecule has 1 aromatic heterocycles. The first-order chi connectivity index (χ1) is 14.8. The summed E-state index contributed by atoms with van der Waals surface area (Å²) in [6.45, 7) is 7.85. The molecule has 2 aromatic carbocycles. The summed E-state index contributed by atoms with van der Waals surface area (Å²) in [7, 11) is 0. The summed E-state index contributed by atoms with van der Waals surface area (Å²) in [5, 5.41) is 3.75. The van der Waals surface area contributed by atoms with Crippen molar-refractivity contribution in [3.05, 3.63) is 65.7 Å². The van der Waals surface area contributed by atoms with Crippen LogP contribution in [0.1, 0.15) is 62.6 Å². The van der Waals surface area contributed by atoms with E-state index < -0.39 is 0 Å². The van der Waals surface area contributed by atoms with Crippen LogP contribution in [0.25, 0.3) is 11.0 Å². The van der Waals surface area contributed by atoms with Crippen LogP contribution in [0.15, 0.2) is 48.5 Å². The number of rotatable bonds is 6. The van der Waals surface area contributed by atoms with Crippen LogP contribution in [0.4, 0.5) is 4.39 Å². The zero-order chi connectivity index (χ0) is 22.1. The minimum atomic E-state index is -0.357. The molecule has 5 nitrogen and oxygen atoms in total. The van der Waals surface area contributed by atoms with E-state index in [1.54, 1.807) is 6.07 Å². The number of benzene rings is 2. The molecule has 1 fully saturated rings. The van der Waals surface area contributed by atoms with Crippen molar-refractivity contribution in [1.29, 1.82) is 0 Å². The van der Waals surface area contributed by atoms with Gasteiger partial charge in [0, 0.05) is 30.2 Å². The van der Waals surface area contributed by atoms with Crippen molar-refractivity contribution < 1.29 is 9.18 Å². The monoisotopic (exact) mass is 422 g/mol. The van der Waals surface area contributed by atoms with Crippen LogP contribution >= 0.6 is 0 Å². The second-order valence-corrected chi connectivity index (χ2v) is 9.22. The molecule has 0 spiro atoms. The topological polar surface area (TPSA) is 61.0 Å². The number of hydrogen-bond acceptors (Lipinski definition) is 3. The lowest BCUT2D eigenvalue weighted by Crippen LogP contribution is -2.59. The third-order valence-electron chi connectivity index (χ3n) is 6.64. The number of fused-ring (bicyclic) bond motifs is 1. The SMILES string of the molecule is CCN(C(=O)c1nc2cc(F)ccc2[nH]1)[C@@]1(C)CCCC(C)(NCc2ccccc2)C1. The Bertz CT molecular complexity index is 1070. The van der Waals surface area contributed by atoms with Crippen LogP contribution in [-0.2, 0) is 6.54 Å². The maximum atomic E-state index is 13.5. The number of H-pyrrole nitrogens is 1. The number of nitrogens with one attached hydrogen (secondary N) is 2. The zero-order valence-corrected chi connectivity index (χ0v) is 18.5. The van der Waals surface area contributed by atoms with Crippen molar-refractivity contribution in [2.24, 2.45) is 0 Å². The summed E-state index contributed by atoms with van der Waals surface area (Å²) >= 11 is 0. The van der Waals surface area contributed by atoms with Gasteiger partial charge in [0.25, 0.3) is 5.91 Å². The first kappa shape index (κ1) is 21.5. The summed E-state index contributed by atoms with van der Waals surface area (Å²) < 4.78 is 13.5. The van der Waals surface area contributed by atoms with Crippen molar-refractivity contribution in [2.45, 2.75) is 64.1 Å². The van der Waals surface area contributed by atoms with E-state index in [1.807, 2.05) is 17.9 Å². The molecule has 1 aliphatic rings. The van der Waals surface area contributed by atoms with Crippen molar-refractivity contribution in [3.8, 4) is 0 Å². The zero-order valence-electron chi connectivity index (χ0n) is 18.5. The Kier molecular flexibility index (Phi) is 5.84. The summed E-state index contributed by atoms with van der Waals surface area (Å²) in [5.74, 6) is -0.216. The standard InChI is InChI=1S/C25H31FN4O/c1-4-30(23(31)22-28-20-12-11-19(26)15-21(20)29-22)25(3)14-8-13-24(2,17-25)27-16-18-9-6-5-7-10-18/h5-7,9-12,15,27H,4,8,13-14,16-17H2,1-3H3,(H,28,29)/t24?,25-/m0/s1. The molecule has 1 aliphatic carbocycles. The van der Waals surface area contributed by atoms with Gasteiger partial charge in [-0.3, -0.25) is 4.79 Å². The Balaban J connectivity index is 1.53. The Morgan fingerprint density at radius 2 is 1.97 bits per heavy atom. The highest BCUT2D eigenvalue weighted by atomic mass is 19.1. The quantitative estimate of drug-likeness (QED) is 0.585. The van der Waals surface area contributed by atoms with Crippen molar-refractivity contribution in [3.63, 3.8) is 0 Å². The van der Waals surface area contributed by atoms with Crippen LogP contribution in [-0.4, -0.2) is 38.4 Å². The first-order valence-corrected chi connectivity index (χ1v) is 11.1. The van der Waals surface area contributed by atoms with Gasteiger partial charge in [0.1, 0.15) is 5.82 Å². The molecule has 1 unspecified atom stereocenters. The van der Waals surface area contributed by atoms with Crippen molar-refractivity contribution in [1.82, 2.24) is 20.2 Å². The molecular weight excluding hydrogens is 391 g/mol. The lowest BCUT2D eigenvalue weighted by Gasteiger charge is -2.50. The molecule has 1 amide bonds. The molecule has 4 rings (SSSR count). The molecule has 3 aromatic rings. The van der Waals surface area contributed by atoms with E-state index in [2.05, 4.69) is 53.4 Å². The van der Waals surface area contributed by atoms with Gasteiger partial charge < -0.3 is 15.2 Å². The molecule has 0 radical (unpaired) electrons. The van der Waals surface area contributed by atoms with E-state index in [-0.39, 0.29) is 28.6 Å². The average molecular weight is 423 g/mol. The van der Waals surface area contributed by atoms with E-state index in [0.717, 1.165) is 32.2 Å². The Labute approximate surface area is 183 Å². The second kappa shape index (κ2) is 8.42. The van der Waals surface area contributed by atoms with E-state index in [9.17, 15) is 9.18 Å². The molecule has 164 valence electrons. The number of halogens is 1. The normalized spacial score (nSPS) is 23.7. The molecule has 2 N–H and O–H groups in total. The fourth-order valence-corrected chi connectivity index (χ4v) is 5.15. The van der Waals surface area contributed by atoms with Crippen LogP contribution in [0.5, 0.6) is 0 Å². The number of carbonyl (C=O) groups is 1. The Morgan fingerprint density at radius 3 is 2.71 bits per heavy atom. The largest absolute Gasteiger partial charge is 0.334 e. The van der Waals surface area contributed by atoms with Crippen LogP contribution in [0.2, 0.25) is 0 Å². The number of hydrogen-bond donors (Lipinski definition) is 2. The molecule has 0 bridgehead atoms. The maximum absolute atomic E-state index is 13.5. The number of amides is 1. The van der Waals surface area contributed by atoms with Gasteiger partial charge in [0.15, 0.2) is 5.82 Å². The number of aromatic amines is 1. The van der Waals surface area contributed by atoms with Gasteiger partial charge in [-0.15, -0.1) is 0 Å². The van der Waals surface area contributed by atoms with Crippen molar-refractivity contribution in [2.75, 3.05) is 6.54 Å². The second-order valence-electron chi connectivity index (χ2n) is 9.22. The van der Waals surface area contributed by atoms with Gasteiger partial charge in [0.05, 0.1) is 11.0 Å². The highest BCUT2D eigenvalue weighted by molar-refractivity contribution is 5.94. The van der Waals surface area contributed by atoms with E-state index in [4.69, 9.17) is 0 Å². The van der Waals surface area contributed by atoms with E-state index in [1.165, 1.54) is 17.7 Å². The fraction of sp³-hybridized carbons (Fsp3) is 0.440. The highest BCUT2D eigenvalue weighted by Gasteiger charge is 2.44. The maximum Gasteiger partial charge on any atom is 0.290 e. The number of carbonyl (C=O) groups excluding carboxylic acids is 1. The van der Waals surface area contributed by atoms with Gasteiger partial charge in [-0.2, -0.15) is 0 Å². The number of imidazole rings is 1. The fourth-order valence-electron chi connectivity index (χ4n) is 5.15. The van der Waals surface area contributed by atoms with Crippen LogP contribution < -0.4 is 5.32 Å². The van der Waals surface area contributed by atoms with Gasteiger partial charge in [-0.1, -0.05) is 30.3 Å². The molecular formula is C25H31FN4O.